The van der Waals surface area contributed by atoms with Crippen molar-refractivity contribution in [1.82, 2.24) is 14.9 Å². The van der Waals surface area contributed by atoms with Crippen molar-refractivity contribution in [3.63, 3.8) is 0 Å². The normalized spacial score (nSPS) is 21.5. The molecule has 0 radical (unpaired) electrons. The van der Waals surface area contributed by atoms with Gasteiger partial charge in [-0.05, 0) is 29.5 Å². The van der Waals surface area contributed by atoms with Crippen molar-refractivity contribution in [1.29, 1.82) is 0 Å². The molecule has 2 aromatic carbocycles. The SMILES string of the molecule is OC1CN(c2cc(NCc3ccccc3)ncn2)CCC1N1CCc2ccccc2C1. The number of aromatic nitrogens is 2. The third-order valence-corrected chi connectivity index (χ3v) is 6.47. The summed E-state index contributed by atoms with van der Waals surface area (Å²) in [6.07, 6.45) is 3.20. The number of rotatable bonds is 5. The first-order valence-corrected chi connectivity index (χ1v) is 11.1. The second-order valence-corrected chi connectivity index (χ2v) is 8.46. The molecule has 1 fully saturated rings. The second-order valence-electron chi connectivity index (χ2n) is 8.46. The summed E-state index contributed by atoms with van der Waals surface area (Å²) in [5, 5.41) is 14.4. The first-order valence-electron chi connectivity index (χ1n) is 11.1. The van der Waals surface area contributed by atoms with Crippen LogP contribution in [0, 0.1) is 0 Å². The molecule has 6 nitrogen and oxygen atoms in total. The number of β-amino-alcohol motifs (C(OH)–C–C–N with tert-alkyl or cyclic N) is 1. The maximum absolute atomic E-state index is 11.0. The van der Waals surface area contributed by atoms with Crippen LogP contribution in [0.25, 0.3) is 0 Å². The number of anilines is 2. The number of piperidine rings is 1. The highest BCUT2D eigenvalue weighted by atomic mass is 16.3. The Morgan fingerprint density at radius 1 is 0.968 bits per heavy atom. The molecule has 3 heterocycles. The summed E-state index contributed by atoms with van der Waals surface area (Å²) in [6, 6.07) is 21.1. The van der Waals surface area contributed by atoms with Crippen molar-refractivity contribution in [2.24, 2.45) is 0 Å². The Balaban J connectivity index is 1.21. The molecule has 2 unspecified atom stereocenters. The van der Waals surface area contributed by atoms with E-state index in [1.54, 1.807) is 6.33 Å². The van der Waals surface area contributed by atoms with Gasteiger partial charge in [0.1, 0.15) is 18.0 Å². The molecular formula is C25H29N5O. The zero-order chi connectivity index (χ0) is 21.0. The fourth-order valence-corrected chi connectivity index (χ4v) is 4.76. The third kappa shape index (κ3) is 4.55. The van der Waals surface area contributed by atoms with Crippen LogP contribution in [-0.4, -0.2) is 51.8 Å². The zero-order valence-electron chi connectivity index (χ0n) is 17.7. The Bertz CT molecular complexity index is 1010. The summed E-state index contributed by atoms with van der Waals surface area (Å²) < 4.78 is 0. The highest BCUT2D eigenvalue weighted by Gasteiger charge is 2.34. The van der Waals surface area contributed by atoms with Crippen LogP contribution in [0.15, 0.2) is 67.0 Å². The van der Waals surface area contributed by atoms with Crippen molar-refractivity contribution in [2.75, 3.05) is 29.9 Å². The second kappa shape index (κ2) is 9.04. The number of hydrogen-bond donors (Lipinski definition) is 2. The molecule has 3 aromatic rings. The molecule has 0 bridgehead atoms. The number of aliphatic hydroxyl groups excluding tert-OH is 1. The van der Waals surface area contributed by atoms with Gasteiger partial charge in [0, 0.05) is 44.8 Å². The summed E-state index contributed by atoms with van der Waals surface area (Å²) in [7, 11) is 0. The van der Waals surface area contributed by atoms with Crippen molar-refractivity contribution >= 4 is 11.6 Å². The average molecular weight is 416 g/mol. The minimum absolute atomic E-state index is 0.196. The van der Waals surface area contributed by atoms with Crippen LogP contribution in [0.3, 0.4) is 0 Å². The smallest absolute Gasteiger partial charge is 0.134 e. The highest BCUT2D eigenvalue weighted by molar-refractivity contribution is 5.49. The molecule has 1 saturated heterocycles. The quantitative estimate of drug-likeness (QED) is 0.668. The van der Waals surface area contributed by atoms with Gasteiger partial charge < -0.3 is 15.3 Å². The molecule has 0 saturated carbocycles. The molecule has 31 heavy (non-hydrogen) atoms. The maximum Gasteiger partial charge on any atom is 0.134 e. The zero-order valence-corrected chi connectivity index (χ0v) is 17.7. The Hall–Kier alpha value is -2.96. The first kappa shape index (κ1) is 20.0. The number of nitrogens with one attached hydrogen (secondary N) is 1. The van der Waals surface area contributed by atoms with Gasteiger partial charge in [0.15, 0.2) is 0 Å². The van der Waals surface area contributed by atoms with E-state index in [1.807, 2.05) is 24.3 Å². The van der Waals surface area contributed by atoms with Gasteiger partial charge in [-0.2, -0.15) is 0 Å². The molecule has 2 aliphatic heterocycles. The van der Waals surface area contributed by atoms with Gasteiger partial charge in [-0.15, -0.1) is 0 Å². The average Bonchev–Trinajstić information content (AvgIpc) is 2.83. The monoisotopic (exact) mass is 415 g/mol. The van der Waals surface area contributed by atoms with E-state index in [-0.39, 0.29) is 6.04 Å². The van der Waals surface area contributed by atoms with Gasteiger partial charge in [0.05, 0.1) is 6.10 Å². The van der Waals surface area contributed by atoms with Gasteiger partial charge in [-0.3, -0.25) is 4.90 Å². The number of fused-ring (bicyclic) bond motifs is 1. The van der Waals surface area contributed by atoms with Crippen molar-refractivity contribution in [2.45, 2.75) is 38.1 Å². The molecule has 2 atom stereocenters. The Morgan fingerprint density at radius 3 is 2.61 bits per heavy atom. The van der Waals surface area contributed by atoms with E-state index < -0.39 is 6.10 Å². The molecule has 1 aromatic heterocycles. The summed E-state index contributed by atoms with van der Waals surface area (Å²) in [5.41, 5.74) is 4.05. The van der Waals surface area contributed by atoms with Crippen LogP contribution >= 0.6 is 0 Å². The van der Waals surface area contributed by atoms with Gasteiger partial charge in [-0.25, -0.2) is 9.97 Å². The fraction of sp³-hybridized carbons (Fsp3) is 0.360. The Morgan fingerprint density at radius 2 is 1.77 bits per heavy atom. The topological polar surface area (TPSA) is 64.5 Å². The van der Waals surface area contributed by atoms with E-state index in [0.29, 0.717) is 6.54 Å². The van der Waals surface area contributed by atoms with E-state index in [1.165, 1.54) is 16.7 Å². The molecule has 5 rings (SSSR count). The molecule has 2 aliphatic rings. The lowest BCUT2D eigenvalue weighted by molar-refractivity contribution is 0.0293. The number of nitrogens with zero attached hydrogens (tertiary/aromatic N) is 4. The van der Waals surface area contributed by atoms with Gasteiger partial charge in [0.25, 0.3) is 0 Å². The minimum Gasteiger partial charge on any atom is -0.390 e. The lowest BCUT2D eigenvalue weighted by Gasteiger charge is -2.43. The van der Waals surface area contributed by atoms with Gasteiger partial charge in [0.2, 0.25) is 0 Å². The van der Waals surface area contributed by atoms with E-state index in [0.717, 1.165) is 50.7 Å². The number of aliphatic hydroxyl groups is 1. The molecule has 0 aliphatic carbocycles. The van der Waals surface area contributed by atoms with Crippen LogP contribution in [0.5, 0.6) is 0 Å². The lowest BCUT2D eigenvalue weighted by Crippen LogP contribution is -2.55. The lowest BCUT2D eigenvalue weighted by atomic mass is 9.94. The standard InChI is InChI=1S/C25H29N5O/c31-23-17-30(13-11-22(23)29-12-10-20-8-4-5-9-21(20)16-29)25-14-24(27-18-28-25)26-15-19-6-2-1-3-7-19/h1-9,14,18,22-23,31H,10-13,15-17H2,(H,26,27,28). The molecule has 0 amide bonds. The predicted octanol–water partition coefficient (Wildman–Crippen LogP) is 3.09. The van der Waals surface area contributed by atoms with Crippen molar-refractivity contribution in [3.8, 4) is 0 Å². The number of benzene rings is 2. The molecular weight excluding hydrogens is 386 g/mol. The first-order chi connectivity index (χ1) is 15.3. The van der Waals surface area contributed by atoms with E-state index >= 15 is 0 Å². The third-order valence-electron chi connectivity index (χ3n) is 6.47. The summed E-state index contributed by atoms with van der Waals surface area (Å²) in [4.78, 5) is 13.5. The summed E-state index contributed by atoms with van der Waals surface area (Å²) >= 11 is 0. The summed E-state index contributed by atoms with van der Waals surface area (Å²) in [6.45, 7) is 4.14. The van der Waals surface area contributed by atoms with Crippen LogP contribution in [0.2, 0.25) is 0 Å². The molecule has 2 N–H and O–H groups in total. The minimum atomic E-state index is -0.394. The maximum atomic E-state index is 11.0. The van der Waals surface area contributed by atoms with E-state index in [2.05, 4.69) is 61.5 Å². The Kier molecular flexibility index (Phi) is 5.82. The molecule has 160 valence electrons. The van der Waals surface area contributed by atoms with E-state index in [4.69, 9.17) is 0 Å². The fourth-order valence-electron chi connectivity index (χ4n) is 4.76. The predicted molar refractivity (Wildman–Crippen MR) is 123 cm³/mol. The van der Waals surface area contributed by atoms with Crippen LogP contribution < -0.4 is 10.2 Å². The van der Waals surface area contributed by atoms with Crippen LogP contribution in [0.4, 0.5) is 11.6 Å². The largest absolute Gasteiger partial charge is 0.390 e. The van der Waals surface area contributed by atoms with Gasteiger partial charge >= 0.3 is 0 Å². The van der Waals surface area contributed by atoms with Crippen molar-refractivity contribution in [3.05, 3.63) is 83.7 Å². The van der Waals surface area contributed by atoms with Crippen molar-refractivity contribution < 1.29 is 5.11 Å². The number of hydrogen-bond acceptors (Lipinski definition) is 6. The van der Waals surface area contributed by atoms with Crippen LogP contribution in [-0.2, 0) is 19.5 Å². The highest BCUT2D eigenvalue weighted by Crippen LogP contribution is 2.27. The molecule has 6 heteroatoms. The van der Waals surface area contributed by atoms with Crippen LogP contribution in [0.1, 0.15) is 23.1 Å². The Labute approximate surface area is 183 Å². The summed E-state index contributed by atoms with van der Waals surface area (Å²) in [5.74, 6) is 1.67. The van der Waals surface area contributed by atoms with E-state index in [9.17, 15) is 5.11 Å². The van der Waals surface area contributed by atoms with Gasteiger partial charge in [-0.1, -0.05) is 54.6 Å². The molecule has 0 spiro atoms.